The number of nitrogens with one attached hydrogen (secondary N) is 1. The average molecular weight is 614 g/mol. The number of alkyl halides is 4. The van der Waals surface area contributed by atoms with Crippen LogP contribution in [0, 0.1) is 12.7 Å². The van der Waals surface area contributed by atoms with Crippen LogP contribution in [0.2, 0.25) is 0 Å². The van der Waals surface area contributed by atoms with Gasteiger partial charge < -0.3 is 34.1 Å². The highest BCUT2D eigenvalue weighted by atomic mass is 19.4. The Bertz CT molecular complexity index is 1580. The lowest BCUT2D eigenvalue weighted by molar-refractivity contribution is -0.274. The molecular formula is C28H28F5N3O7. The van der Waals surface area contributed by atoms with Crippen molar-refractivity contribution >= 4 is 28.7 Å². The maximum atomic E-state index is 15.6. The Morgan fingerprint density at radius 2 is 1.86 bits per heavy atom. The molecule has 0 unspecified atom stereocenters. The number of methoxy groups -OCH3 is 1. The molecule has 1 aromatic heterocycles. The lowest BCUT2D eigenvalue weighted by atomic mass is 10.0. The number of carbonyl (C=O) groups excluding carboxylic acids is 1. The largest absolute Gasteiger partial charge is 0.573 e. The third-order valence-electron chi connectivity index (χ3n) is 7.03. The number of nitrogens with zero attached hydrogens (tertiary/aromatic N) is 2. The summed E-state index contributed by atoms with van der Waals surface area (Å²) in [5.41, 5.74) is -0.350. The van der Waals surface area contributed by atoms with E-state index < -0.39 is 53.8 Å². The highest BCUT2D eigenvalue weighted by molar-refractivity contribution is 5.99. The van der Waals surface area contributed by atoms with Crippen LogP contribution in [-0.4, -0.2) is 61.1 Å². The molecule has 2 N–H and O–H groups in total. The molecule has 15 heteroatoms. The van der Waals surface area contributed by atoms with Gasteiger partial charge in [0.05, 0.1) is 24.6 Å². The van der Waals surface area contributed by atoms with E-state index >= 15 is 4.39 Å². The third-order valence-corrected chi connectivity index (χ3v) is 7.03. The highest BCUT2D eigenvalue weighted by Gasteiger charge is 2.32. The summed E-state index contributed by atoms with van der Waals surface area (Å²) in [5, 5.41) is 11.2. The predicted molar refractivity (Wildman–Crippen MR) is 144 cm³/mol. The van der Waals surface area contributed by atoms with E-state index in [1.807, 2.05) is 0 Å². The number of ether oxygens (including phenoxy) is 3. The molecule has 10 nitrogen and oxygen atoms in total. The lowest BCUT2D eigenvalue weighted by Crippen LogP contribution is -2.38. The molecule has 2 heterocycles. The van der Waals surface area contributed by atoms with Crippen LogP contribution >= 0.6 is 0 Å². The molecule has 43 heavy (non-hydrogen) atoms. The number of hydrogen-bond donors (Lipinski definition) is 2. The molecule has 1 amide bonds. The average Bonchev–Trinajstić information content (AvgIpc) is 2.93. The SMILES string of the molecule is COc1c(N2CCC(OC(=O)O)CC2)c(F)cc2c(=O)c(C(=O)NCc3ccc(OC(F)(F)F)cc3C)cn(CCF)c12. The van der Waals surface area contributed by atoms with E-state index in [1.165, 1.54) is 24.7 Å². The quantitative estimate of drug-likeness (QED) is 0.258. The fourth-order valence-corrected chi connectivity index (χ4v) is 5.08. The first-order chi connectivity index (χ1) is 20.3. The van der Waals surface area contributed by atoms with Crippen molar-refractivity contribution in [2.24, 2.45) is 0 Å². The maximum absolute atomic E-state index is 15.6. The smallest absolute Gasteiger partial charge is 0.492 e. The fraction of sp³-hybridized carbons (Fsp3) is 0.393. The maximum Gasteiger partial charge on any atom is 0.573 e. The Hall–Kier alpha value is -4.56. The van der Waals surface area contributed by atoms with Gasteiger partial charge in [-0.15, -0.1) is 13.2 Å². The van der Waals surface area contributed by atoms with Gasteiger partial charge in [-0.1, -0.05) is 6.07 Å². The number of anilines is 1. The Morgan fingerprint density at radius 3 is 2.44 bits per heavy atom. The molecule has 0 saturated carbocycles. The molecule has 232 valence electrons. The molecular weight excluding hydrogens is 585 g/mol. The number of carboxylic acid groups (broad SMARTS) is 1. The van der Waals surface area contributed by atoms with Gasteiger partial charge in [0.2, 0.25) is 5.43 Å². The first-order valence-corrected chi connectivity index (χ1v) is 13.1. The van der Waals surface area contributed by atoms with Gasteiger partial charge in [-0.2, -0.15) is 0 Å². The topological polar surface area (TPSA) is 119 Å². The predicted octanol–water partition coefficient (Wildman–Crippen LogP) is 4.92. The number of amides is 1. The van der Waals surface area contributed by atoms with Gasteiger partial charge in [-0.25, -0.2) is 13.6 Å². The molecule has 1 aliphatic heterocycles. The fourth-order valence-electron chi connectivity index (χ4n) is 5.08. The summed E-state index contributed by atoms with van der Waals surface area (Å²) in [4.78, 5) is 39.0. The van der Waals surface area contributed by atoms with Crippen LogP contribution in [0.5, 0.6) is 11.5 Å². The molecule has 0 spiro atoms. The zero-order valence-corrected chi connectivity index (χ0v) is 23.1. The molecule has 1 saturated heterocycles. The lowest BCUT2D eigenvalue weighted by Gasteiger charge is -2.34. The van der Waals surface area contributed by atoms with Crippen LogP contribution in [0.25, 0.3) is 10.9 Å². The van der Waals surface area contributed by atoms with Crippen LogP contribution in [0.15, 0.2) is 35.3 Å². The van der Waals surface area contributed by atoms with Crippen molar-refractivity contribution in [2.75, 3.05) is 31.8 Å². The van der Waals surface area contributed by atoms with Gasteiger partial charge in [0.25, 0.3) is 5.91 Å². The van der Waals surface area contributed by atoms with E-state index in [9.17, 15) is 31.9 Å². The summed E-state index contributed by atoms with van der Waals surface area (Å²) < 4.78 is 82.2. The molecule has 1 aliphatic rings. The molecule has 1 fully saturated rings. The minimum Gasteiger partial charge on any atom is -0.492 e. The van der Waals surface area contributed by atoms with Gasteiger partial charge in [-0.05, 0) is 36.2 Å². The highest BCUT2D eigenvalue weighted by Crippen LogP contribution is 2.39. The molecule has 3 aromatic rings. The number of pyridine rings is 1. The molecule has 0 bridgehead atoms. The number of rotatable bonds is 9. The first kappa shape index (κ1) is 31.4. The zero-order valence-electron chi connectivity index (χ0n) is 23.1. The minimum atomic E-state index is -4.87. The number of aromatic nitrogens is 1. The van der Waals surface area contributed by atoms with Crippen molar-refractivity contribution in [3.05, 3.63) is 63.2 Å². The second kappa shape index (κ2) is 12.8. The van der Waals surface area contributed by atoms with E-state index in [0.29, 0.717) is 11.1 Å². The third kappa shape index (κ3) is 7.09. The standard InChI is InChI=1S/C28H28F5N3O7/c1-15-11-18(43-28(31,32)33)4-3-16(15)13-34-26(38)20-14-36(10-7-29)22-19(24(20)37)12-21(30)23(25(22)41-2)35-8-5-17(6-9-35)42-27(39)40/h3-4,11-12,14,17H,5-10,13H2,1-2H3,(H,34,38)(H,39,40). The normalized spacial score (nSPS) is 14.1. The van der Waals surface area contributed by atoms with Crippen molar-refractivity contribution < 1.29 is 50.9 Å². The molecule has 0 radical (unpaired) electrons. The number of aryl methyl sites for hydroxylation is 2. The summed E-state index contributed by atoms with van der Waals surface area (Å²) in [7, 11) is 1.26. The molecule has 0 aliphatic carbocycles. The van der Waals surface area contributed by atoms with Crippen molar-refractivity contribution in [1.82, 2.24) is 9.88 Å². The Balaban J connectivity index is 1.66. The summed E-state index contributed by atoms with van der Waals surface area (Å²) >= 11 is 0. The number of benzene rings is 2. The van der Waals surface area contributed by atoms with Crippen molar-refractivity contribution in [2.45, 2.75) is 45.3 Å². The number of fused-ring (bicyclic) bond motifs is 1. The number of carbonyl (C=O) groups is 2. The van der Waals surface area contributed by atoms with E-state index in [-0.39, 0.29) is 61.4 Å². The monoisotopic (exact) mass is 613 g/mol. The molecule has 0 atom stereocenters. The van der Waals surface area contributed by atoms with Crippen LogP contribution in [-0.2, 0) is 17.8 Å². The molecule has 2 aromatic carbocycles. The number of halogens is 5. The second-order valence-electron chi connectivity index (χ2n) is 9.78. The number of hydrogen-bond acceptors (Lipinski definition) is 7. The summed E-state index contributed by atoms with van der Waals surface area (Å²) in [5.74, 6) is -2.18. The van der Waals surface area contributed by atoms with E-state index in [1.54, 1.807) is 4.90 Å². The summed E-state index contributed by atoms with van der Waals surface area (Å²) in [6, 6.07) is 4.51. The first-order valence-electron chi connectivity index (χ1n) is 13.1. The van der Waals surface area contributed by atoms with Crippen molar-refractivity contribution in [3.8, 4) is 11.5 Å². The van der Waals surface area contributed by atoms with Crippen molar-refractivity contribution in [1.29, 1.82) is 0 Å². The van der Waals surface area contributed by atoms with Crippen LogP contribution in [0.1, 0.15) is 34.3 Å². The van der Waals surface area contributed by atoms with Gasteiger partial charge in [-0.3, -0.25) is 9.59 Å². The number of piperidine rings is 1. The van der Waals surface area contributed by atoms with Gasteiger partial charge in [0.15, 0.2) is 11.6 Å². The van der Waals surface area contributed by atoms with Gasteiger partial charge in [0, 0.05) is 38.7 Å². The van der Waals surface area contributed by atoms with Crippen LogP contribution in [0.3, 0.4) is 0 Å². The Labute approximate surface area is 241 Å². The van der Waals surface area contributed by atoms with Gasteiger partial charge >= 0.3 is 12.5 Å². The van der Waals surface area contributed by atoms with E-state index in [2.05, 4.69) is 10.1 Å². The molecule has 4 rings (SSSR count). The van der Waals surface area contributed by atoms with Crippen LogP contribution < -0.4 is 25.1 Å². The van der Waals surface area contributed by atoms with Crippen molar-refractivity contribution in [3.63, 3.8) is 0 Å². The minimum absolute atomic E-state index is 0.00130. The van der Waals surface area contributed by atoms with Gasteiger partial charge in [0.1, 0.15) is 29.8 Å². The Morgan fingerprint density at radius 1 is 1.16 bits per heavy atom. The second-order valence-corrected chi connectivity index (χ2v) is 9.78. The van der Waals surface area contributed by atoms with E-state index in [0.717, 1.165) is 24.4 Å². The zero-order chi connectivity index (χ0) is 31.5. The summed E-state index contributed by atoms with van der Waals surface area (Å²) in [6.07, 6.45) is -5.14. The van der Waals surface area contributed by atoms with E-state index in [4.69, 9.17) is 14.6 Å². The Kier molecular flexibility index (Phi) is 9.30. The van der Waals surface area contributed by atoms with Crippen LogP contribution in [0.4, 0.5) is 32.4 Å². The summed E-state index contributed by atoms with van der Waals surface area (Å²) in [6.45, 7) is 0.602.